The summed E-state index contributed by atoms with van der Waals surface area (Å²) in [6.45, 7) is -0.142. The molecule has 0 unspecified atom stereocenters. The zero-order valence-corrected chi connectivity index (χ0v) is 20.6. The minimum atomic E-state index is -2.83. The van der Waals surface area contributed by atoms with E-state index in [4.69, 9.17) is 0 Å². The second-order valence-corrected chi connectivity index (χ2v) is 7.51. The monoisotopic (exact) mass is 558 g/mol. The van der Waals surface area contributed by atoms with Crippen LogP contribution < -0.4 is 10.1 Å². The van der Waals surface area contributed by atoms with Crippen LogP contribution in [-0.4, -0.2) is 48.9 Å². The Balaban J connectivity index is 0.00000363. The summed E-state index contributed by atoms with van der Waals surface area (Å²) in [5.41, 5.74) is 3.19. The number of alkyl halides is 2. The molecule has 1 saturated heterocycles. The average molecular weight is 558 g/mol. The van der Waals surface area contributed by atoms with Crippen molar-refractivity contribution in [3.05, 3.63) is 65.2 Å². The molecule has 1 aliphatic heterocycles. The number of rotatable bonds is 8. The molecule has 0 radical (unpaired) electrons. The second-order valence-electron chi connectivity index (χ2n) is 7.51. The van der Waals surface area contributed by atoms with Gasteiger partial charge >= 0.3 is 6.61 Å². The maximum atomic E-state index is 12.3. The molecule has 0 spiro atoms. The Morgan fingerprint density at radius 3 is 2.31 bits per heavy atom. The molecule has 0 saturated carbocycles. The predicted molar refractivity (Wildman–Crippen MR) is 131 cm³/mol. The normalized spacial score (nSPS) is 13.8. The molecule has 1 aliphatic rings. The van der Waals surface area contributed by atoms with Gasteiger partial charge in [-0.3, -0.25) is 9.79 Å². The molecule has 1 N–H and O–H groups in total. The smallest absolute Gasteiger partial charge is 0.387 e. The maximum absolute atomic E-state index is 12.3. The number of guanidine groups is 1. The van der Waals surface area contributed by atoms with Crippen molar-refractivity contribution in [1.82, 2.24) is 15.1 Å². The average Bonchev–Trinajstić information content (AvgIpc) is 3.15. The van der Waals surface area contributed by atoms with Gasteiger partial charge in [0.1, 0.15) is 5.75 Å². The number of halogens is 3. The zero-order valence-electron chi connectivity index (χ0n) is 18.3. The molecule has 0 aromatic heterocycles. The van der Waals surface area contributed by atoms with E-state index >= 15 is 0 Å². The van der Waals surface area contributed by atoms with Gasteiger partial charge in [-0.2, -0.15) is 8.78 Å². The van der Waals surface area contributed by atoms with E-state index in [9.17, 15) is 13.6 Å². The van der Waals surface area contributed by atoms with E-state index in [1.165, 1.54) is 12.1 Å². The number of carbonyl (C=O) groups excluding carboxylic acids is 1. The number of nitrogens with one attached hydrogen (secondary N) is 1. The molecule has 3 rings (SSSR count). The molecule has 0 atom stereocenters. The highest BCUT2D eigenvalue weighted by molar-refractivity contribution is 14.0. The van der Waals surface area contributed by atoms with Gasteiger partial charge in [-0.25, -0.2) is 0 Å². The third-order valence-corrected chi connectivity index (χ3v) is 5.16. The van der Waals surface area contributed by atoms with Crippen molar-refractivity contribution in [2.75, 3.05) is 20.6 Å². The number of carbonyl (C=O) groups is 1. The lowest BCUT2D eigenvalue weighted by molar-refractivity contribution is -0.128. The highest BCUT2D eigenvalue weighted by Crippen LogP contribution is 2.16. The number of amides is 1. The summed E-state index contributed by atoms with van der Waals surface area (Å²) in [6.07, 6.45) is 1.60. The summed E-state index contributed by atoms with van der Waals surface area (Å²) in [4.78, 5) is 19.9. The second kappa shape index (κ2) is 12.6. The van der Waals surface area contributed by atoms with Gasteiger partial charge in [0.25, 0.3) is 0 Å². The van der Waals surface area contributed by atoms with Crippen molar-refractivity contribution in [3.63, 3.8) is 0 Å². The fourth-order valence-electron chi connectivity index (χ4n) is 3.54. The SMILES string of the molecule is CN=C(NCc1ccc(CN2CCCC2=O)cc1)N(C)Cc1ccc(OC(F)F)cc1.I. The van der Waals surface area contributed by atoms with Crippen LogP contribution in [0.1, 0.15) is 29.5 Å². The molecule has 0 aliphatic carbocycles. The molecule has 2 aromatic rings. The number of hydrogen-bond donors (Lipinski definition) is 1. The Morgan fingerprint density at radius 2 is 1.75 bits per heavy atom. The molecule has 0 bridgehead atoms. The summed E-state index contributed by atoms with van der Waals surface area (Å²) in [5.74, 6) is 1.09. The van der Waals surface area contributed by atoms with Gasteiger partial charge in [0.15, 0.2) is 5.96 Å². The van der Waals surface area contributed by atoms with E-state index in [2.05, 4.69) is 39.3 Å². The van der Waals surface area contributed by atoms with Crippen LogP contribution in [0.2, 0.25) is 0 Å². The molecule has 9 heteroatoms. The van der Waals surface area contributed by atoms with E-state index in [-0.39, 0.29) is 35.6 Å². The van der Waals surface area contributed by atoms with Crippen molar-refractivity contribution < 1.29 is 18.3 Å². The van der Waals surface area contributed by atoms with Crippen LogP contribution in [0.25, 0.3) is 0 Å². The van der Waals surface area contributed by atoms with E-state index in [0.717, 1.165) is 35.6 Å². The predicted octanol–water partition coefficient (Wildman–Crippen LogP) is 4.24. The summed E-state index contributed by atoms with van der Waals surface area (Å²) < 4.78 is 28.9. The number of nitrogens with zero attached hydrogens (tertiary/aromatic N) is 3. The number of hydrogen-bond acceptors (Lipinski definition) is 3. The molecular formula is C23H29F2IN4O2. The molecule has 1 fully saturated rings. The Morgan fingerprint density at radius 1 is 1.12 bits per heavy atom. The van der Waals surface area contributed by atoms with Gasteiger partial charge in [-0.1, -0.05) is 36.4 Å². The zero-order chi connectivity index (χ0) is 22.2. The van der Waals surface area contributed by atoms with Crippen LogP contribution in [0.4, 0.5) is 8.78 Å². The summed E-state index contributed by atoms with van der Waals surface area (Å²) in [5, 5.41) is 3.33. The van der Waals surface area contributed by atoms with Crippen molar-refractivity contribution >= 4 is 35.8 Å². The molecule has 2 aromatic carbocycles. The Bertz CT molecular complexity index is 892. The molecule has 32 heavy (non-hydrogen) atoms. The highest BCUT2D eigenvalue weighted by Gasteiger charge is 2.19. The largest absolute Gasteiger partial charge is 0.435 e. The van der Waals surface area contributed by atoms with Crippen molar-refractivity contribution in [3.8, 4) is 5.75 Å². The number of benzene rings is 2. The van der Waals surface area contributed by atoms with E-state index in [0.29, 0.717) is 26.1 Å². The third kappa shape index (κ3) is 7.61. The lowest BCUT2D eigenvalue weighted by Crippen LogP contribution is -2.38. The molecule has 6 nitrogen and oxygen atoms in total. The fraction of sp³-hybridized carbons (Fsp3) is 0.391. The lowest BCUT2D eigenvalue weighted by atomic mass is 10.1. The van der Waals surface area contributed by atoms with Crippen molar-refractivity contribution in [2.24, 2.45) is 4.99 Å². The van der Waals surface area contributed by atoms with E-state index in [1.807, 2.05) is 16.8 Å². The first kappa shape index (κ1) is 25.8. The highest BCUT2D eigenvalue weighted by atomic mass is 127. The molecule has 1 heterocycles. The summed E-state index contributed by atoms with van der Waals surface area (Å²) >= 11 is 0. The van der Waals surface area contributed by atoms with Crippen molar-refractivity contribution in [1.29, 1.82) is 0 Å². The van der Waals surface area contributed by atoms with E-state index < -0.39 is 6.61 Å². The lowest BCUT2D eigenvalue weighted by Gasteiger charge is -2.22. The van der Waals surface area contributed by atoms with E-state index in [1.54, 1.807) is 19.2 Å². The minimum absolute atomic E-state index is 0. The number of ether oxygens (including phenoxy) is 1. The van der Waals surface area contributed by atoms with Crippen LogP contribution in [0.5, 0.6) is 5.75 Å². The topological polar surface area (TPSA) is 57.2 Å². The molecule has 1 amide bonds. The number of aliphatic imine (C=N–C) groups is 1. The van der Waals surface area contributed by atoms with Gasteiger partial charge < -0.3 is 19.9 Å². The van der Waals surface area contributed by atoms with Gasteiger partial charge in [0.2, 0.25) is 5.91 Å². The standard InChI is InChI=1S/C23H28F2N4O2.HI/c1-26-23(28(2)15-18-9-11-20(12-10-18)31-22(24)25)27-14-17-5-7-19(8-6-17)16-29-13-3-4-21(29)30;/h5-12,22H,3-4,13-16H2,1-2H3,(H,26,27);1H. The van der Waals surface area contributed by atoms with Crippen LogP contribution in [0, 0.1) is 0 Å². The van der Waals surface area contributed by atoms with Crippen LogP contribution in [-0.2, 0) is 24.4 Å². The molecular weight excluding hydrogens is 529 g/mol. The minimum Gasteiger partial charge on any atom is -0.435 e. The van der Waals surface area contributed by atoms with Gasteiger partial charge in [-0.15, -0.1) is 24.0 Å². The Hall–Kier alpha value is -2.43. The van der Waals surface area contributed by atoms with Gasteiger partial charge in [-0.05, 0) is 35.2 Å². The van der Waals surface area contributed by atoms with Gasteiger partial charge in [0.05, 0.1) is 0 Å². The number of likely N-dealkylation sites (tertiary alicyclic amines) is 1. The van der Waals surface area contributed by atoms with Crippen molar-refractivity contribution in [2.45, 2.75) is 39.1 Å². The van der Waals surface area contributed by atoms with Crippen LogP contribution in [0.3, 0.4) is 0 Å². The molecule has 174 valence electrons. The quantitative estimate of drug-likeness (QED) is 0.300. The Kier molecular flexibility index (Phi) is 10.1. The van der Waals surface area contributed by atoms with Gasteiger partial charge in [0, 0.05) is 46.7 Å². The fourth-order valence-corrected chi connectivity index (χ4v) is 3.54. The first-order chi connectivity index (χ1) is 14.9. The summed E-state index contributed by atoms with van der Waals surface area (Å²) in [7, 11) is 3.63. The first-order valence-corrected chi connectivity index (χ1v) is 10.3. The summed E-state index contributed by atoms with van der Waals surface area (Å²) in [6, 6.07) is 14.8. The van der Waals surface area contributed by atoms with Crippen LogP contribution >= 0.6 is 24.0 Å². The third-order valence-electron chi connectivity index (χ3n) is 5.16. The maximum Gasteiger partial charge on any atom is 0.387 e. The first-order valence-electron chi connectivity index (χ1n) is 10.3. The Labute approximate surface area is 204 Å². The van der Waals surface area contributed by atoms with Crippen LogP contribution in [0.15, 0.2) is 53.5 Å².